The fraction of sp³-hybridized carbons (Fsp3) is 0.350. The molecule has 1 N–H and O–H groups in total. The van der Waals surface area contributed by atoms with Crippen molar-refractivity contribution in [3.05, 3.63) is 53.9 Å². The minimum atomic E-state index is -0.793. The van der Waals surface area contributed by atoms with Crippen molar-refractivity contribution in [2.75, 3.05) is 14.2 Å². The number of nitrogens with one attached hydrogen (secondary N) is 1. The maximum Gasteiger partial charge on any atom is 0.329 e. The molecule has 1 aromatic heterocycles. The van der Waals surface area contributed by atoms with Crippen molar-refractivity contribution >= 4 is 11.9 Å². The normalized spacial score (nSPS) is 11.6. The molecule has 0 fully saturated rings. The Morgan fingerprint density at radius 1 is 1.07 bits per heavy atom. The summed E-state index contributed by atoms with van der Waals surface area (Å²) in [5, 5.41) is 2.73. The number of carbonyl (C=O) groups is 2. The molecule has 7 heteroatoms. The number of hydrogen-bond donors (Lipinski definition) is 1. The minimum absolute atomic E-state index is 0.0474. The summed E-state index contributed by atoms with van der Waals surface area (Å²) < 4.78 is 15.7. The van der Waals surface area contributed by atoms with E-state index < -0.39 is 17.9 Å². The van der Waals surface area contributed by atoms with Crippen LogP contribution in [0.1, 0.15) is 29.9 Å². The zero-order valence-corrected chi connectivity index (χ0v) is 15.9. The van der Waals surface area contributed by atoms with E-state index in [-0.39, 0.29) is 12.5 Å². The van der Waals surface area contributed by atoms with Crippen molar-refractivity contribution in [2.45, 2.75) is 26.5 Å². The summed E-state index contributed by atoms with van der Waals surface area (Å²) in [5.41, 5.74) is 0.964. The minimum Gasteiger partial charge on any atom is -0.497 e. The van der Waals surface area contributed by atoms with Gasteiger partial charge in [-0.1, -0.05) is 19.9 Å². The van der Waals surface area contributed by atoms with E-state index in [0.717, 1.165) is 0 Å². The second kappa shape index (κ2) is 9.56. The highest BCUT2D eigenvalue weighted by Crippen LogP contribution is 2.22. The van der Waals surface area contributed by atoms with E-state index in [4.69, 9.17) is 14.2 Å². The van der Waals surface area contributed by atoms with Crippen LogP contribution in [0, 0.1) is 5.92 Å². The van der Waals surface area contributed by atoms with Crippen molar-refractivity contribution in [3.63, 3.8) is 0 Å². The first-order valence-corrected chi connectivity index (χ1v) is 8.55. The lowest BCUT2D eigenvalue weighted by molar-refractivity contribution is -0.148. The zero-order chi connectivity index (χ0) is 19.8. The van der Waals surface area contributed by atoms with E-state index in [1.54, 1.807) is 36.5 Å². The van der Waals surface area contributed by atoms with Crippen LogP contribution >= 0.6 is 0 Å². The highest BCUT2D eigenvalue weighted by atomic mass is 16.5. The van der Waals surface area contributed by atoms with Gasteiger partial charge in [-0.2, -0.15) is 0 Å². The first-order valence-electron chi connectivity index (χ1n) is 8.55. The van der Waals surface area contributed by atoms with E-state index in [1.807, 2.05) is 19.9 Å². The molecule has 0 aliphatic rings. The van der Waals surface area contributed by atoms with Crippen LogP contribution in [0.3, 0.4) is 0 Å². The monoisotopic (exact) mass is 372 g/mol. The molecule has 2 rings (SSSR count). The number of esters is 1. The maximum atomic E-state index is 12.6. The smallest absolute Gasteiger partial charge is 0.329 e. The zero-order valence-electron chi connectivity index (χ0n) is 15.9. The highest BCUT2D eigenvalue weighted by molar-refractivity contribution is 5.97. The molecule has 1 heterocycles. The van der Waals surface area contributed by atoms with Gasteiger partial charge in [-0.15, -0.1) is 0 Å². The van der Waals surface area contributed by atoms with Gasteiger partial charge < -0.3 is 19.5 Å². The molecular formula is C20H24N2O5. The first kappa shape index (κ1) is 20.2. The summed E-state index contributed by atoms with van der Waals surface area (Å²) in [6.45, 7) is 3.71. The summed E-state index contributed by atoms with van der Waals surface area (Å²) >= 11 is 0. The molecule has 2 aromatic rings. The van der Waals surface area contributed by atoms with E-state index in [9.17, 15) is 9.59 Å². The van der Waals surface area contributed by atoms with Gasteiger partial charge in [0.1, 0.15) is 24.1 Å². The van der Waals surface area contributed by atoms with Crippen molar-refractivity contribution in [1.82, 2.24) is 10.3 Å². The van der Waals surface area contributed by atoms with Crippen LogP contribution in [0.25, 0.3) is 0 Å². The van der Waals surface area contributed by atoms with Crippen LogP contribution in [0.5, 0.6) is 11.5 Å². The fourth-order valence-electron chi connectivity index (χ4n) is 2.38. The molecule has 1 aromatic carbocycles. The van der Waals surface area contributed by atoms with E-state index in [2.05, 4.69) is 10.3 Å². The lowest BCUT2D eigenvalue weighted by Gasteiger charge is -2.21. The van der Waals surface area contributed by atoms with Crippen LogP contribution < -0.4 is 14.8 Å². The lowest BCUT2D eigenvalue weighted by Crippen LogP contribution is -2.45. The average Bonchev–Trinajstić information content (AvgIpc) is 2.70. The molecule has 0 aliphatic carbocycles. The number of carbonyl (C=O) groups excluding carboxylic acids is 2. The molecule has 7 nitrogen and oxygen atoms in total. The number of pyridine rings is 1. The van der Waals surface area contributed by atoms with Gasteiger partial charge in [0.05, 0.1) is 19.9 Å². The highest BCUT2D eigenvalue weighted by Gasteiger charge is 2.26. The van der Waals surface area contributed by atoms with Crippen LogP contribution in [-0.4, -0.2) is 37.1 Å². The first-order chi connectivity index (χ1) is 12.9. The summed E-state index contributed by atoms with van der Waals surface area (Å²) in [7, 11) is 3.00. The third kappa shape index (κ3) is 5.70. The Morgan fingerprint density at radius 3 is 2.26 bits per heavy atom. The third-order valence-corrected chi connectivity index (χ3v) is 3.91. The molecule has 27 heavy (non-hydrogen) atoms. The Labute approximate surface area is 158 Å². The number of rotatable bonds is 8. The summed E-state index contributed by atoms with van der Waals surface area (Å²) in [6, 6.07) is 9.39. The van der Waals surface area contributed by atoms with E-state index >= 15 is 0 Å². The SMILES string of the molecule is COc1cc(OC)cc(C(=O)N[C@H](C(=O)OCc2ccccn2)C(C)C)c1. The maximum absolute atomic E-state index is 12.6. The largest absolute Gasteiger partial charge is 0.497 e. The van der Waals surface area contributed by atoms with Crippen LogP contribution in [0.15, 0.2) is 42.6 Å². The molecule has 0 saturated carbocycles. The summed E-state index contributed by atoms with van der Waals surface area (Å²) in [6.07, 6.45) is 1.63. The number of hydrogen-bond acceptors (Lipinski definition) is 6. The van der Waals surface area contributed by atoms with Crippen molar-refractivity contribution in [2.24, 2.45) is 5.92 Å². The molecule has 0 spiro atoms. The number of nitrogens with zero attached hydrogens (tertiary/aromatic N) is 1. The second-order valence-electron chi connectivity index (χ2n) is 6.23. The lowest BCUT2D eigenvalue weighted by atomic mass is 10.0. The van der Waals surface area contributed by atoms with Gasteiger partial charge in [0.2, 0.25) is 0 Å². The molecule has 0 saturated heterocycles. The molecular weight excluding hydrogens is 348 g/mol. The van der Waals surface area contributed by atoms with Gasteiger partial charge >= 0.3 is 5.97 Å². The van der Waals surface area contributed by atoms with Crippen LogP contribution in [0.2, 0.25) is 0 Å². The summed E-state index contributed by atoms with van der Waals surface area (Å²) in [4.78, 5) is 29.2. The van der Waals surface area contributed by atoms with Gasteiger partial charge in [-0.3, -0.25) is 9.78 Å². The fourth-order valence-corrected chi connectivity index (χ4v) is 2.38. The predicted octanol–water partition coefficient (Wildman–Crippen LogP) is 2.60. The summed E-state index contributed by atoms with van der Waals surface area (Å²) in [5.74, 6) is -0.117. The van der Waals surface area contributed by atoms with Gasteiger partial charge in [0.25, 0.3) is 5.91 Å². The Bertz CT molecular complexity index is 755. The Hall–Kier alpha value is -3.09. The standard InChI is InChI=1S/C20H24N2O5/c1-13(2)18(20(24)27-12-15-7-5-6-8-21-15)22-19(23)14-9-16(25-3)11-17(10-14)26-4/h5-11,13,18H,12H2,1-4H3,(H,22,23)/t18-/m0/s1. The molecule has 0 unspecified atom stereocenters. The number of ether oxygens (including phenoxy) is 3. The topological polar surface area (TPSA) is 86.8 Å². The molecule has 0 bridgehead atoms. The molecule has 0 aliphatic heterocycles. The number of amides is 1. The molecule has 1 atom stereocenters. The van der Waals surface area contributed by atoms with Gasteiger partial charge in [-0.05, 0) is 30.2 Å². The van der Waals surface area contributed by atoms with Gasteiger partial charge in [-0.25, -0.2) is 4.79 Å². The van der Waals surface area contributed by atoms with E-state index in [1.165, 1.54) is 14.2 Å². The van der Waals surface area contributed by atoms with Crippen molar-refractivity contribution < 1.29 is 23.8 Å². The average molecular weight is 372 g/mol. The third-order valence-electron chi connectivity index (χ3n) is 3.91. The molecule has 1 amide bonds. The Balaban J connectivity index is 2.08. The van der Waals surface area contributed by atoms with Crippen LogP contribution in [-0.2, 0) is 16.1 Å². The van der Waals surface area contributed by atoms with E-state index in [0.29, 0.717) is 22.8 Å². The Kier molecular flexibility index (Phi) is 7.16. The quantitative estimate of drug-likeness (QED) is 0.717. The number of benzene rings is 1. The van der Waals surface area contributed by atoms with Gasteiger partial charge in [0, 0.05) is 17.8 Å². The molecule has 0 radical (unpaired) electrons. The number of aromatic nitrogens is 1. The predicted molar refractivity (Wildman–Crippen MR) is 99.7 cm³/mol. The van der Waals surface area contributed by atoms with Gasteiger partial charge in [0.15, 0.2) is 0 Å². The van der Waals surface area contributed by atoms with Crippen LogP contribution in [0.4, 0.5) is 0 Å². The molecule has 144 valence electrons. The number of methoxy groups -OCH3 is 2. The Morgan fingerprint density at radius 2 is 1.74 bits per heavy atom. The van der Waals surface area contributed by atoms with Crippen molar-refractivity contribution in [1.29, 1.82) is 0 Å². The van der Waals surface area contributed by atoms with Crippen molar-refractivity contribution in [3.8, 4) is 11.5 Å². The second-order valence-corrected chi connectivity index (χ2v) is 6.23.